The van der Waals surface area contributed by atoms with Crippen molar-refractivity contribution >= 4 is 26.8 Å². The number of nitrogens with zero attached hydrogens (tertiary/aromatic N) is 1. The highest BCUT2D eigenvalue weighted by atomic mass is 79.9. The maximum Gasteiger partial charge on any atom is 0.416 e. The molecule has 0 radical (unpaired) electrons. The van der Waals surface area contributed by atoms with Crippen molar-refractivity contribution in [3.8, 4) is 11.3 Å². The van der Waals surface area contributed by atoms with E-state index in [0.717, 1.165) is 32.7 Å². The lowest BCUT2D eigenvalue weighted by Gasteiger charge is -2.14. The summed E-state index contributed by atoms with van der Waals surface area (Å²) in [6.45, 7) is 0.568. The minimum Gasteiger partial charge on any atom is -0.335 e. The van der Waals surface area contributed by atoms with E-state index >= 15 is 0 Å². The molecule has 0 fully saturated rings. The molecule has 1 nitrogen and oxygen atoms in total. The Bertz CT molecular complexity index is 1100. The third kappa shape index (κ3) is 3.39. The Labute approximate surface area is 163 Å². The van der Waals surface area contributed by atoms with Crippen LogP contribution in [0.25, 0.3) is 22.2 Å². The van der Waals surface area contributed by atoms with Crippen LogP contribution in [0, 0.1) is 0 Å². The highest BCUT2D eigenvalue weighted by molar-refractivity contribution is 9.10. The van der Waals surface area contributed by atoms with Crippen LogP contribution < -0.4 is 0 Å². The number of hydrogen-bond acceptors (Lipinski definition) is 0. The van der Waals surface area contributed by atoms with Gasteiger partial charge in [-0.3, -0.25) is 0 Å². The van der Waals surface area contributed by atoms with Crippen molar-refractivity contribution in [1.29, 1.82) is 0 Å². The van der Waals surface area contributed by atoms with Crippen molar-refractivity contribution in [2.45, 2.75) is 12.7 Å². The number of para-hydroxylation sites is 1. The van der Waals surface area contributed by atoms with Gasteiger partial charge in [-0.1, -0.05) is 60.7 Å². The van der Waals surface area contributed by atoms with E-state index < -0.39 is 11.7 Å². The number of fused-ring (bicyclic) bond motifs is 1. The summed E-state index contributed by atoms with van der Waals surface area (Å²) in [7, 11) is 0. The van der Waals surface area contributed by atoms with Gasteiger partial charge in [-0.2, -0.15) is 13.2 Å². The molecule has 0 aliphatic heterocycles. The first-order chi connectivity index (χ1) is 12.9. The van der Waals surface area contributed by atoms with E-state index in [4.69, 9.17) is 0 Å². The number of alkyl halides is 3. The van der Waals surface area contributed by atoms with Crippen molar-refractivity contribution in [3.05, 3.63) is 94.5 Å². The van der Waals surface area contributed by atoms with Crippen molar-refractivity contribution in [2.24, 2.45) is 0 Å². The summed E-state index contributed by atoms with van der Waals surface area (Å²) in [5.41, 5.74) is 2.68. The Morgan fingerprint density at radius 2 is 1.52 bits per heavy atom. The maximum absolute atomic E-state index is 13.2. The Hall–Kier alpha value is -2.53. The molecule has 0 bridgehead atoms. The zero-order valence-electron chi connectivity index (χ0n) is 14.2. The molecule has 0 unspecified atom stereocenters. The lowest BCUT2D eigenvalue weighted by atomic mass is 10.1. The van der Waals surface area contributed by atoms with Gasteiger partial charge in [0.2, 0.25) is 0 Å². The van der Waals surface area contributed by atoms with Crippen LogP contribution >= 0.6 is 15.9 Å². The maximum atomic E-state index is 13.2. The van der Waals surface area contributed by atoms with E-state index in [2.05, 4.69) is 20.5 Å². The normalized spacial score (nSPS) is 11.9. The quantitative estimate of drug-likeness (QED) is 0.326. The molecule has 4 rings (SSSR count). The van der Waals surface area contributed by atoms with Crippen LogP contribution in [0.3, 0.4) is 0 Å². The predicted molar refractivity (Wildman–Crippen MR) is 106 cm³/mol. The van der Waals surface area contributed by atoms with Crippen LogP contribution in [0.1, 0.15) is 11.1 Å². The minimum absolute atomic E-state index is 0.531. The Morgan fingerprint density at radius 1 is 0.815 bits per heavy atom. The van der Waals surface area contributed by atoms with Gasteiger partial charge in [0.15, 0.2) is 0 Å². The molecule has 1 aromatic heterocycles. The molecule has 4 aromatic rings. The summed E-state index contributed by atoms with van der Waals surface area (Å²) >= 11 is 3.63. The zero-order chi connectivity index (χ0) is 19.0. The molecule has 0 saturated heterocycles. The van der Waals surface area contributed by atoms with Gasteiger partial charge in [0.05, 0.1) is 15.7 Å². The van der Waals surface area contributed by atoms with Crippen molar-refractivity contribution in [2.75, 3.05) is 0 Å². The summed E-state index contributed by atoms with van der Waals surface area (Å²) in [6, 6.07) is 23.2. The number of benzene rings is 3. The summed E-state index contributed by atoms with van der Waals surface area (Å²) in [5, 5.41) is 0.973. The molecular formula is C22H15BrF3N. The molecule has 136 valence electrons. The van der Waals surface area contributed by atoms with Gasteiger partial charge >= 0.3 is 6.18 Å². The summed E-state index contributed by atoms with van der Waals surface area (Å²) in [5.74, 6) is 0. The summed E-state index contributed by atoms with van der Waals surface area (Å²) < 4.78 is 42.5. The Balaban J connectivity index is 1.95. The first-order valence-corrected chi connectivity index (χ1v) is 9.23. The van der Waals surface area contributed by atoms with Gasteiger partial charge in [0.25, 0.3) is 0 Å². The molecule has 1 heterocycles. The minimum atomic E-state index is -4.38. The van der Waals surface area contributed by atoms with Crippen LogP contribution in [0.4, 0.5) is 13.2 Å². The lowest BCUT2D eigenvalue weighted by molar-refractivity contribution is -0.137. The van der Waals surface area contributed by atoms with Gasteiger partial charge in [-0.25, -0.2) is 0 Å². The third-order valence-corrected chi connectivity index (χ3v) is 5.36. The molecule has 0 spiro atoms. The highest BCUT2D eigenvalue weighted by Crippen LogP contribution is 2.40. The van der Waals surface area contributed by atoms with Crippen molar-refractivity contribution < 1.29 is 13.2 Å². The second-order valence-electron chi connectivity index (χ2n) is 6.33. The highest BCUT2D eigenvalue weighted by Gasteiger charge is 2.31. The number of aromatic nitrogens is 1. The summed E-state index contributed by atoms with van der Waals surface area (Å²) in [4.78, 5) is 0. The lowest BCUT2D eigenvalue weighted by Crippen LogP contribution is -2.06. The fourth-order valence-corrected chi connectivity index (χ4v) is 4.09. The van der Waals surface area contributed by atoms with Gasteiger partial charge in [0, 0.05) is 17.4 Å². The second-order valence-corrected chi connectivity index (χ2v) is 7.12. The van der Waals surface area contributed by atoms with E-state index in [0.29, 0.717) is 12.1 Å². The van der Waals surface area contributed by atoms with Gasteiger partial charge < -0.3 is 4.57 Å². The predicted octanol–water partition coefficient (Wildman–Crippen LogP) is 7.14. The van der Waals surface area contributed by atoms with E-state index in [1.807, 2.05) is 54.6 Å². The molecule has 27 heavy (non-hydrogen) atoms. The number of rotatable bonds is 3. The molecule has 0 atom stereocenters. The van der Waals surface area contributed by atoms with Crippen LogP contribution in [0.2, 0.25) is 0 Å². The van der Waals surface area contributed by atoms with Crippen molar-refractivity contribution in [3.63, 3.8) is 0 Å². The molecule has 0 amide bonds. The Morgan fingerprint density at radius 3 is 2.26 bits per heavy atom. The smallest absolute Gasteiger partial charge is 0.335 e. The average molecular weight is 430 g/mol. The van der Waals surface area contributed by atoms with Crippen molar-refractivity contribution in [1.82, 2.24) is 4.57 Å². The molecule has 0 saturated carbocycles. The Kier molecular flexibility index (Phi) is 4.56. The third-order valence-electron chi connectivity index (χ3n) is 4.56. The van der Waals surface area contributed by atoms with Crippen LogP contribution in [0.5, 0.6) is 0 Å². The fourth-order valence-electron chi connectivity index (χ4n) is 3.32. The van der Waals surface area contributed by atoms with Gasteiger partial charge in [-0.05, 0) is 45.3 Å². The zero-order valence-corrected chi connectivity index (χ0v) is 15.8. The van der Waals surface area contributed by atoms with Crippen LogP contribution in [-0.2, 0) is 12.7 Å². The van der Waals surface area contributed by atoms with E-state index in [9.17, 15) is 13.2 Å². The first-order valence-electron chi connectivity index (χ1n) is 8.43. The second kappa shape index (κ2) is 6.89. The topological polar surface area (TPSA) is 4.93 Å². The van der Waals surface area contributed by atoms with Crippen LogP contribution in [0.15, 0.2) is 83.3 Å². The monoisotopic (exact) mass is 429 g/mol. The van der Waals surface area contributed by atoms with Crippen LogP contribution in [-0.4, -0.2) is 4.57 Å². The largest absolute Gasteiger partial charge is 0.416 e. The SMILES string of the molecule is FC(F)(F)c1cccc(-c2c(Br)c3ccccc3n2Cc2ccccc2)c1. The molecule has 0 aliphatic carbocycles. The molecule has 0 aliphatic rings. The number of hydrogen-bond donors (Lipinski definition) is 0. The van der Waals surface area contributed by atoms with Gasteiger partial charge in [0.1, 0.15) is 0 Å². The van der Waals surface area contributed by atoms with E-state index in [-0.39, 0.29) is 0 Å². The molecular weight excluding hydrogens is 415 g/mol. The molecule has 0 N–H and O–H groups in total. The molecule has 5 heteroatoms. The van der Waals surface area contributed by atoms with E-state index in [1.54, 1.807) is 6.07 Å². The average Bonchev–Trinajstić information content (AvgIpc) is 2.94. The van der Waals surface area contributed by atoms with Gasteiger partial charge in [-0.15, -0.1) is 0 Å². The first kappa shape index (κ1) is 17.9. The number of halogens is 4. The fraction of sp³-hybridized carbons (Fsp3) is 0.0909. The summed E-state index contributed by atoms with van der Waals surface area (Å²) in [6.07, 6.45) is -4.38. The van der Waals surface area contributed by atoms with E-state index in [1.165, 1.54) is 12.1 Å². The standard InChI is InChI=1S/C22H15BrF3N/c23-20-18-11-4-5-12-19(18)27(14-15-7-2-1-3-8-15)21(20)16-9-6-10-17(13-16)22(24,25)26/h1-13H,14H2. The molecule has 3 aromatic carbocycles.